The first-order valence-corrected chi connectivity index (χ1v) is 5.35. The molecule has 1 heterocycles. The van der Waals surface area contributed by atoms with E-state index >= 15 is 0 Å². The summed E-state index contributed by atoms with van der Waals surface area (Å²) in [5.74, 6) is 0.561. The van der Waals surface area contributed by atoms with Gasteiger partial charge in [-0.05, 0) is 6.07 Å². The second-order valence-corrected chi connectivity index (χ2v) is 3.93. The van der Waals surface area contributed by atoms with Crippen LogP contribution in [0.4, 0.5) is 0 Å². The van der Waals surface area contributed by atoms with Crippen molar-refractivity contribution in [2.45, 2.75) is 25.5 Å². The van der Waals surface area contributed by atoms with Crippen molar-refractivity contribution in [2.75, 3.05) is 6.61 Å². The van der Waals surface area contributed by atoms with E-state index in [4.69, 9.17) is 4.74 Å². The van der Waals surface area contributed by atoms with Crippen molar-refractivity contribution in [3.05, 3.63) is 29.8 Å². The zero-order valence-electron chi connectivity index (χ0n) is 9.14. The van der Waals surface area contributed by atoms with Gasteiger partial charge in [0, 0.05) is 18.9 Å². The number of amides is 1. The van der Waals surface area contributed by atoms with Crippen LogP contribution in [0.5, 0.6) is 5.75 Å². The van der Waals surface area contributed by atoms with Gasteiger partial charge in [0.15, 0.2) is 0 Å². The standard InChI is InChI=1S/C12H15NO3/c1-8(14)13-10-6-7-16-11-5-3-2-4-9(11)12(10)15/h2-5,10,12,15H,6-7H2,1H3,(H,13,14)/t10-,12-/m1/s1. The third-order valence-electron chi connectivity index (χ3n) is 2.69. The minimum atomic E-state index is -0.706. The third-order valence-corrected chi connectivity index (χ3v) is 2.69. The van der Waals surface area contributed by atoms with Crippen molar-refractivity contribution in [3.8, 4) is 5.75 Å². The molecule has 1 aromatic rings. The Kier molecular flexibility index (Phi) is 3.10. The number of benzene rings is 1. The quantitative estimate of drug-likeness (QED) is 0.744. The summed E-state index contributed by atoms with van der Waals surface area (Å²) in [4.78, 5) is 11.0. The minimum Gasteiger partial charge on any atom is -0.493 e. The van der Waals surface area contributed by atoms with Gasteiger partial charge in [0.05, 0.1) is 12.6 Å². The molecule has 1 amide bonds. The summed E-state index contributed by atoms with van der Waals surface area (Å²) in [5.41, 5.74) is 0.735. The lowest BCUT2D eigenvalue weighted by Crippen LogP contribution is -2.38. The highest BCUT2D eigenvalue weighted by molar-refractivity contribution is 5.73. The van der Waals surface area contributed by atoms with E-state index in [0.717, 1.165) is 5.56 Å². The number of rotatable bonds is 1. The third kappa shape index (κ3) is 2.17. The van der Waals surface area contributed by atoms with E-state index in [1.807, 2.05) is 24.3 Å². The van der Waals surface area contributed by atoms with E-state index in [1.165, 1.54) is 6.92 Å². The molecule has 0 aliphatic carbocycles. The molecule has 4 nitrogen and oxygen atoms in total. The van der Waals surface area contributed by atoms with Crippen molar-refractivity contribution in [1.29, 1.82) is 0 Å². The van der Waals surface area contributed by atoms with Crippen molar-refractivity contribution in [1.82, 2.24) is 5.32 Å². The van der Waals surface area contributed by atoms with Gasteiger partial charge in [0.25, 0.3) is 0 Å². The van der Waals surface area contributed by atoms with Crippen LogP contribution in [0.15, 0.2) is 24.3 Å². The number of aliphatic hydroxyl groups is 1. The normalized spacial score (nSPS) is 23.9. The van der Waals surface area contributed by atoms with Crippen LogP contribution in [-0.2, 0) is 4.79 Å². The number of nitrogens with one attached hydrogen (secondary N) is 1. The highest BCUT2D eigenvalue weighted by atomic mass is 16.5. The van der Waals surface area contributed by atoms with E-state index < -0.39 is 6.10 Å². The summed E-state index contributed by atoms with van der Waals surface area (Å²) >= 11 is 0. The lowest BCUT2D eigenvalue weighted by molar-refractivity contribution is -0.120. The van der Waals surface area contributed by atoms with E-state index in [1.54, 1.807) is 0 Å². The zero-order chi connectivity index (χ0) is 11.5. The van der Waals surface area contributed by atoms with E-state index in [0.29, 0.717) is 18.8 Å². The topological polar surface area (TPSA) is 58.6 Å². The second kappa shape index (κ2) is 4.53. The van der Waals surface area contributed by atoms with Crippen molar-refractivity contribution in [3.63, 3.8) is 0 Å². The molecule has 2 atom stereocenters. The molecule has 2 N–H and O–H groups in total. The Labute approximate surface area is 94.2 Å². The smallest absolute Gasteiger partial charge is 0.217 e. The number of fused-ring (bicyclic) bond motifs is 1. The van der Waals surface area contributed by atoms with Crippen molar-refractivity contribution < 1.29 is 14.6 Å². The van der Waals surface area contributed by atoms with Crippen molar-refractivity contribution in [2.24, 2.45) is 0 Å². The Morgan fingerprint density at radius 1 is 1.50 bits per heavy atom. The van der Waals surface area contributed by atoms with Crippen molar-refractivity contribution >= 4 is 5.91 Å². The minimum absolute atomic E-state index is 0.136. The summed E-state index contributed by atoms with van der Waals surface area (Å²) in [7, 11) is 0. The molecule has 1 aliphatic heterocycles. The number of ether oxygens (including phenoxy) is 1. The summed E-state index contributed by atoms with van der Waals surface area (Å²) < 4.78 is 5.52. The average Bonchev–Trinajstić information content (AvgIpc) is 2.40. The first-order chi connectivity index (χ1) is 7.68. The SMILES string of the molecule is CC(=O)N[C@@H]1CCOc2ccccc2[C@H]1O. The maximum absolute atomic E-state index is 11.0. The van der Waals surface area contributed by atoms with Gasteiger partial charge >= 0.3 is 0 Å². The Morgan fingerprint density at radius 2 is 2.25 bits per heavy atom. The summed E-state index contributed by atoms with van der Waals surface area (Å²) in [5, 5.41) is 12.9. The number of aliphatic hydroxyl groups excluding tert-OH is 1. The highest BCUT2D eigenvalue weighted by Gasteiger charge is 2.27. The largest absolute Gasteiger partial charge is 0.493 e. The van der Waals surface area contributed by atoms with Gasteiger partial charge < -0.3 is 15.2 Å². The molecule has 0 radical (unpaired) electrons. The van der Waals surface area contributed by atoms with Crippen LogP contribution >= 0.6 is 0 Å². The number of hydrogen-bond acceptors (Lipinski definition) is 3. The van der Waals surface area contributed by atoms with Gasteiger partial charge in [-0.2, -0.15) is 0 Å². The first kappa shape index (κ1) is 11.0. The number of para-hydroxylation sites is 1. The Bertz CT molecular complexity index is 392. The van der Waals surface area contributed by atoms with Gasteiger partial charge in [-0.25, -0.2) is 0 Å². The van der Waals surface area contributed by atoms with E-state index in [9.17, 15) is 9.90 Å². The molecule has 0 spiro atoms. The fraction of sp³-hybridized carbons (Fsp3) is 0.417. The average molecular weight is 221 g/mol. The predicted molar refractivity (Wildman–Crippen MR) is 59.1 cm³/mol. The number of carbonyl (C=O) groups excluding carboxylic acids is 1. The maximum Gasteiger partial charge on any atom is 0.217 e. The molecule has 0 bridgehead atoms. The highest BCUT2D eigenvalue weighted by Crippen LogP contribution is 2.31. The lowest BCUT2D eigenvalue weighted by atomic mass is 10.0. The van der Waals surface area contributed by atoms with Gasteiger partial charge in [-0.15, -0.1) is 0 Å². The summed E-state index contributed by atoms with van der Waals surface area (Å²) in [6, 6.07) is 7.09. The number of hydrogen-bond donors (Lipinski definition) is 2. The molecule has 0 aromatic heterocycles. The van der Waals surface area contributed by atoms with Crippen LogP contribution in [0.25, 0.3) is 0 Å². The van der Waals surface area contributed by atoms with Gasteiger partial charge in [0.2, 0.25) is 5.91 Å². The lowest BCUT2D eigenvalue weighted by Gasteiger charge is -2.20. The molecule has 1 aromatic carbocycles. The molecule has 2 rings (SSSR count). The second-order valence-electron chi connectivity index (χ2n) is 3.93. The Hall–Kier alpha value is -1.55. The molecule has 0 saturated heterocycles. The predicted octanol–water partition coefficient (Wildman–Crippen LogP) is 1.01. The van der Waals surface area contributed by atoms with Crippen LogP contribution < -0.4 is 10.1 Å². The molecular weight excluding hydrogens is 206 g/mol. The first-order valence-electron chi connectivity index (χ1n) is 5.35. The molecule has 0 unspecified atom stereocenters. The number of carbonyl (C=O) groups is 1. The monoisotopic (exact) mass is 221 g/mol. The van der Waals surface area contributed by atoms with Crippen LogP contribution in [0.2, 0.25) is 0 Å². The van der Waals surface area contributed by atoms with Crippen LogP contribution in [0.1, 0.15) is 25.0 Å². The van der Waals surface area contributed by atoms with Gasteiger partial charge in [-0.3, -0.25) is 4.79 Å². The van der Waals surface area contributed by atoms with E-state index in [-0.39, 0.29) is 11.9 Å². The molecule has 16 heavy (non-hydrogen) atoms. The molecule has 0 fully saturated rings. The molecular formula is C12H15NO3. The molecule has 86 valence electrons. The zero-order valence-corrected chi connectivity index (χ0v) is 9.14. The Balaban J connectivity index is 2.26. The summed E-state index contributed by atoms with van der Waals surface area (Å²) in [6.07, 6.45) is -0.0994. The van der Waals surface area contributed by atoms with E-state index in [2.05, 4.69) is 5.32 Å². The van der Waals surface area contributed by atoms with Gasteiger partial charge in [0.1, 0.15) is 11.9 Å². The summed E-state index contributed by atoms with van der Waals surface area (Å²) in [6.45, 7) is 1.95. The van der Waals surface area contributed by atoms with Crippen LogP contribution in [0, 0.1) is 0 Å². The Morgan fingerprint density at radius 3 is 3.00 bits per heavy atom. The van der Waals surface area contributed by atoms with Gasteiger partial charge in [-0.1, -0.05) is 18.2 Å². The molecule has 0 saturated carbocycles. The van der Waals surface area contributed by atoms with Crippen LogP contribution in [-0.4, -0.2) is 23.7 Å². The fourth-order valence-corrected chi connectivity index (χ4v) is 1.94. The van der Waals surface area contributed by atoms with Crippen LogP contribution in [0.3, 0.4) is 0 Å². The molecule has 1 aliphatic rings. The fourth-order valence-electron chi connectivity index (χ4n) is 1.94. The molecule has 4 heteroatoms. The maximum atomic E-state index is 11.0.